The molecule has 2 amide bonds. The van der Waals surface area contributed by atoms with Crippen molar-refractivity contribution in [3.8, 4) is 0 Å². The van der Waals surface area contributed by atoms with Crippen molar-refractivity contribution in [2.45, 2.75) is 114 Å². The van der Waals surface area contributed by atoms with Crippen LogP contribution >= 0.6 is 11.8 Å². The first-order valence-corrected chi connectivity index (χ1v) is 15.7. The van der Waals surface area contributed by atoms with Gasteiger partial charge < -0.3 is 19.6 Å². The van der Waals surface area contributed by atoms with Crippen LogP contribution in [-0.2, 0) is 19.1 Å². The zero-order valence-corrected chi connectivity index (χ0v) is 25.5. The molecule has 0 aliphatic carbocycles. The van der Waals surface area contributed by atoms with Crippen molar-refractivity contribution in [2.24, 2.45) is 17.8 Å². The van der Waals surface area contributed by atoms with Crippen LogP contribution in [0.4, 0.5) is 0 Å². The summed E-state index contributed by atoms with van der Waals surface area (Å²) < 4.78 is 4.59. The lowest BCUT2D eigenvalue weighted by molar-refractivity contribution is -0.156. The van der Waals surface area contributed by atoms with Gasteiger partial charge in [-0.25, -0.2) is 0 Å². The molecule has 3 saturated heterocycles. The Balaban J connectivity index is 2.03. The molecule has 3 heterocycles. The number of unbranched alkanes of at least 4 members (excludes halogenated alkanes) is 2. The third-order valence-electron chi connectivity index (χ3n) is 8.94. The molecule has 39 heavy (non-hydrogen) atoms. The normalized spacial score (nSPS) is 30.8. The molecule has 3 fully saturated rings. The Labute approximate surface area is 239 Å². The number of fused-ring (bicyclic) bond motifs is 1. The van der Waals surface area contributed by atoms with Gasteiger partial charge in [0, 0.05) is 17.3 Å². The van der Waals surface area contributed by atoms with Crippen molar-refractivity contribution < 1.29 is 24.2 Å². The molecule has 3 rings (SSSR count). The number of rotatable bonds is 16. The predicted molar refractivity (Wildman–Crippen MR) is 157 cm³/mol. The number of thioether (sulfide) groups is 1. The smallest absolute Gasteiger partial charge is 0.311 e. The molecule has 3 aliphatic heterocycles. The molecular formula is C31H50N2O5S. The maximum atomic E-state index is 14.6. The monoisotopic (exact) mass is 562 g/mol. The highest BCUT2D eigenvalue weighted by molar-refractivity contribution is 8.02. The van der Waals surface area contributed by atoms with Crippen LogP contribution in [-0.4, -0.2) is 80.1 Å². The van der Waals surface area contributed by atoms with Gasteiger partial charge in [0.25, 0.3) is 0 Å². The van der Waals surface area contributed by atoms with E-state index in [1.54, 1.807) is 22.7 Å². The van der Waals surface area contributed by atoms with Gasteiger partial charge in [0.2, 0.25) is 11.8 Å². The second-order valence-corrected chi connectivity index (χ2v) is 14.2. The van der Waals surface area contributed by atoms with Crippen LogP contribution in [0.2, 0.25) is 0 Å². The maximum absolute atomic E-state index is 14.6. The van der Waals surface area contributed by atoms with Crippen molar-refractivity contribution >= 4 is 29.5 Å². The lowest BCUT2D eigenvalue weighted by atomic mass is 9.66. The molecule has 0 aromatic rings. The maximum Gasteiger partial charge on any atom is 0.311 e. The highest BCUT2D eigenvalue weighted by Crippen LogP contribution is 2.72. The fraction of sp³-hybridized carbons (Fsp3) is 0.774. The summed E-state index contributed by atoms with van der Waals surface area (Å²) in [5.41, 5.74) is 0. The summed E-state index contributed by atoms with van der Waals surface area (Å²) in [7, 11) is 0. The fourth-order valence-corrected chi connectivity index (χ4v) is 9.55. The van der Waals surface area contributed by atoms with Crippen LogP contribution in [0.1, 0.15) is 86.0 Å². The number of carbonyl (C=O) groups is 3. The SMILES string of the molecule is C=CCCCCOC(=O)[C@H]1[C@H]2C(=O)N([C@@H](CO)CC(C)C)C(C(=O)N(CC=C)C(C)CCC)C23CC[C@]1(C)S3. The average Bonchev–Trinajstić information content (AvgIpc) is 3.46. The number of carbonyl (C=O) groups excluding carboxylic acids is 3. The van der Waals surface area contributed by atoms with E-state index < -0.39 is 33.4 Å². The summed E-state index contributed by atoms with van der Waals surface area (Å²) >= 11 is 1.66. The molecule has 3 unspecified atom stereocenters. The molecule has 8 heteroatoms. The molecule has 0 aromatic carbocycles. The minimum absolute atomic E-state index is 0.0129. The molecule has 3 aliphatic rings. The molecule has 0 aromatic heterocycles. The van der Waals surface area contributed by atoms with E-state index in [2.05, 4.69) is 40.9 Å². The van der Waals surface area contributed by atoms with Crippen LogP contribution in [0.15, 0.2) is 25.3 Å². The summed E-state index contributed by atoms with van der Waals surface area (Å²) in [5.74, 6) is -1.62. The number of aliphatic hydroxyl groups is 1. The van der Waals surface area contributed by atoms with E-state index >= 15 is 0 Å². The fourth-order valence-electron chi connectivity index (χ4n) is 7.22. The topological polar surface area (TPSA) is 87.1 Å². The van der Waals surface area contributed by atoms with Gasteiger partial charge >= 0.3 is 5.97 Å². The number of allylic oxidation sites excluding steroid dienone is 1. The number of hydrogen-bond donors (Lipinski definition) is 1. The second kappa shape index (κ2) is 13.2. The molecule has 7 atom stereocenters. The number of likely N-dealkylation sites (tertiary alicyclic amines) is 1. The zero-order valence-electron chi connectivity index (χ0n) is 24.7. The Hall–Kier alpha value is -1.80. The van der Waals surface area contributed by atoms with E-state index in [4.69, 9.17) is 4.74 Å². The third kappa shape index (κ3) is 5.97. The van der Waals surface area contributed by atoms with Gasteiger partial charge in [-0.2, -0.15) is 0 Å². The summed E-state index contributed by atoms with van der Waals surface area (Å²) in [5, 5.41) is 10.5. The standard InChI is InChI=1S/C31H50N2O5S/c1-8-11-12-13-18-38-29(37)25-24-27(35)33(23(20-34)19-21(4)5)26(31(24)16-15-30(25,7)39-31)28(36)32(17-10-3)22(6)14-9-2/h8,10,21-26,34H,1,3,9,11-20H2,2,4-7H3/t22?,23-,24+,25-,26?,30+,31?/m1/s1. The number of hydrogen-bond acceptors (Lipinski definition) is 6. The van der Waals surface area contributed by atoms with E-state index in [0.717, 1.165) is 38.5 Å². The molecule has 220 valence electrons. The number of esters is 1. The van der Waals surface area contributed by atoms with E-state index in [0.29, 0.717) is 26.0 Å². The Morgan fingerprint density at radius 2 is 1.95 bits per heavy atom. The Kier molecular flexibility index (Phi) is 10.8. The van der Waals surface area contributed by atoms with Gasteiger partial charge in [-0.05, 0) is 64.7 Å². The summed E-state index contributed by atoms with van der Waals surface area (Å²) in [6, 6.07) is -1.23. The van der Waals surface area contributed by atoms with Crippen molar-refractivity contribution in [3.63, 3.8) is 0 Å². The number of nitrogens with zero attached hydrogens (tertiary/aromatic N) is 2. The van der Waals surface area contributed by atoms with Gasteiger partial charge in [-0.1, -0.05) is 39.3 Å². The molecular weight excluding hydrogens is 512 g/mol. The Morgan fingerprint density at radius 1 is 1.23 bits per heavy atom. The highest BCUT2D eigenvalue weighted by Gasteiger charge is 2.78. The highest BCUT2D eigenvalue weighted by atomic mass is 32.2. The zero-order chi connectivity index (χ0) is 29.0. The quantitative estimate of drug-likeness (QED) is 0.162. The van der Waals surface area contributed by atoms with E-state index in [9.17, 15) is 19.5 Å². The molecule has 7 nitrogen and oxygen atoms in total. The summed E-state index contributed by atoms with van der Waals surface area (Å²) in [6.07, 6.45) is 9.90. The van der Waals surface area contributed by atoms with E-state index in [1.165, 1.54) is 0 Å². The first-order chi connectivity index (χ1) is 18.5. The summed E-state index contributed by atoms with van der Waals surface area (Å²) in [4.78, 5) is 46.1. The second-order valence-electron chi connectivity index (χ2n) is 12.3. The van der Waals surface area contributed by atoms with Crippen LogP contribution < -0.4 is 0 Å². The lowest BCUT2D eigenvalue weighted by Gasteiger charge is -2.41. The first-order valence-electron chi connectivity index (χ1n) is 14.8. The van der Waals surface area contributed by atoms with Crippen molar-refractivity contribution in [1.29, 1.82) is 0 Å². The van der Waals surface area contributed by atoms with Crippen molar-refractivity contribution in [3.05, 3.63) is 25.3 Å². The number of aliphatic hydroxyl groups excluding tert-OH is 1. The van der Waals surface area contributed by atoms with Crippen LogP contribution in [0, 0.1) is 17.8 Å². The molecule has 1 N–H and O–H groups in total. The minimum atomic E-state index is -0.734. The van der Waals surface area contributed by atoms with Crippen LogP contribution in [0.5, 0.6) is 0 Å². The summed E-state index contributed by atoms with van der Waals surface area (Å²) in [6.45, 7) is 18.4. The van der Waals surface area contributed by atoms with E-state index in [-0.39, 0.29) is 36.4 Å². The minimum Gasteiger partial charge on any atom is -0.465 e. The van der Waals surface area contributed by atoms with Gasteiger partial charge in [0.1, 0.15) is 6.04 Å². The predicted octanol–water partition coefficient (Wildman–Crippen LogP) is 4.98. The molecule has 0 saturated carbocycles. The largest absolute Gasteiger partial charge is 0.465 e. The van der Waals surface area contributed by atoms with E-state index in [1.807, 2.05) is 17.9 Å². The molecule has 2 bridgehead atoms. The van der Waals surface area contributed by atoms with Gasteiger partial charge in [0.15, 0.2) is 0 Å². The number of ether oxygens (including phenoxy) is 1. The van der Waals surface area contributed by atoms with Gasteiger partial charge in [-0.15, -0.1) is 24.9 Å². The van der Waals surface area contributed by atoms with Gasteiger partial charge in [-0.3, -0.25) is 14.4 Å². The molecule has 0 radical (unpaired) electrons. The average molecular weight is 563 g/mol. The lowest BCUT2D eigenvalue weighted by Crippen LogP contribution is -2.59. The Morgan fingerprint density at radius 3 is 2.54 bits per heavy atom. The van der Waals surface area contributed by atoms with Crippen LogP contribution in [0.25, 0.3) is 0 Å². The van der Waals surface area contributed by atoms with Gasteiger partial charge in [0.05, 0.1) is 35.8 Å². The third-order valence-corrected chi connectivity index (χ3v) is 10.9. The number of amides is 2. The Bertz CT molecular complexity index is 925. The molecule has 1 spiro atoms. The van der Waals surface area contributed by atoms with Crippen LogP contribution in [0.3, 0.4) is 0 Å². The van der Waals surface area contributed by atoms with Crippen molar-refractivity contribution in [1.82, 2.24) is 9.80 Å². The first kappa shape index (κ1) is 31.7. The van der Waals surface area contributed by atoms with Crippen molar-refractivity contribution in [2.75, 3.05) is 19.8 Å².